The van der Waals surface area contributed by atoms with Crippen LogP contribution in [-0.2, 0) is 12.8 Å². The Labute approximate surface area is 82.4 Å². The first-order valence-electron chi connectivity index (χ1n) is 3.80. The molecule has 1 rings (SSSR count). The third kappa shape index (κ3) is 2.25. The maximum Gasteiger partial charge on any atom is 0.416 e. The maximum atomic E-state index is 12.7. The summed E-state index contributed by atoms with van der Waals surface area (Å²) in [6.45, 7) is -0.960. The van der Waals surface area contributed by atoms with Gasteiger partial charge in [0.25, 0.3) is 0 Å². The van der Waals surface area contributed by atoms with Gasteiger partial charge < -0.3 is 5.11 Å². The van der Waals surface area contributed by atoms with E-state index in [-0.39, 0.29) is 6.07 Å². The average Bonchev–Trinajstić information content (AvgIpc) is 2.15. The first-order valence-corrected chi connectivity index (χ1v) is 3.80. The highest BCUT2D eigenvalue weighted by Crippen LogP contribution is 2.34. The summed E-state index contributed by atoms with van der Waals surface area (Å²) in [6, 6.07) is 2.31. The van der Waals surface area contributed by atoms with Gasteiger partial charge in [0.1, 0.15) is 5.82 Å². The van der Waals surface area contributed by atoms with Crippen LogP contribution in [0.15, 0.2) is 12.1 Å². The predicted molar refractivity (Wildman–Crippen MR) is 42.0 cm³/mol. The van der Waals surface area contributed by atoms with E-state index >= 15 is 0 Å². The molecule has 1 aromatic carbocycles. The zero-order valence-corrected chi connectivity index (χ0v) is 7.27. The lowest BCUT2D eigenvalue weighted by atomic mass is 10.0. The fourth-order valence-corrected chi connectivity index (χ4v) is 1.16. The summed E-state index contributed by atoms with van der Waals surface area (Å²) in [4.78, 5) is 0. The quantitative estimate of drug-likeness (QED) is 0.736. The van der Waals surface area contributed by atoms with Gasteiger partial charge in [-0.15, -0.1) is 0 Å². The molecule has 0 saturated heterocycles. The van der Waals surface area contributed by atoms with Crippen molar-refractivity contribution in [2.24, 2.45) is 0 Å². The highest BCUT2D eigenvalue weighted by atomic mass is 19.4. The highest BCUT2D eigenvalue weighted by molar-refractivity contribution is 5.44. The van der Waals surface area contributed by atoms with E-state index in [1.807, 2.05) is 0 Å². The molecule has 0 atom stereocenters. The standard InChI is InChI=1S/C9H5F4NO/c10-6-1-5(3-14)7(4-15)8(2-6)9(11,12)13/h1-2,15H,4H2. The third-order valence-corrected chi connectivity index (χ3v) is 1.80. The molecule has 0 bridgehead atoms. The fraction of sp³-hybridized carbons (Fsp3) is 0.222. The molecule has 0 aliphatic heterocycles. The van der Waals surface area contributed by atoms with Gasteiger partial charge in [-0.1, -0.05) is 0 Å². The van der Waals surface area contributed by atoms with Gasteiger partial charge in [0, 0.05) is 5.56 Å². The lowest BCUT2D eigenvalue weighted by Crippen LogP contribution is -2.11. The van der Waals surface area contributed by atoms with Crippen LogP contribution in [0.25, 0.3) is 0 Å². The van der Waals surface area contributed by atoms with Crippen molar-refractivity contribution in [1.29, 1.82) is 5.26 Å². The average molecular weight is 219 g/mol. The minimum Gasteiger partial charge on any atom is -0.392 e. The highest BCUT2D eigenvalue weighted by Gasteiger charge is 2.34. The Balaban J connectivity index is 3.51. The second kappa shape index (κ2) is 3.87. The Kier molecular flexibility index (Phi) is 2.95. The molecule has 1 N–H and O–H groups in total. The maximum absolute atomic E-state index is 12.7. The molecule has 0 heterocycles. The molecule has 80 valence electrons. The topological polar surface area (TPSA) is 44.0 Å². The van der Waals surface area contributed by atoms with E-state index in [0.29, 0.717) is 6.07 Å². The second-order valence-corrected chi connectivity index (χ2v) is 2.75. The monoisotopic (exact) mass is 219 g/mol. The molecule has 15 heavy (non-hydrogen) atoms. The van der Waals surface area contributed by atoms with Crippen LogP contribution in [0.5, 0.6) is 0 Å². The molecule has 0 saturated carbocycles. The van der Waals surface area contributed by atoms with Crippen molar-refractivity contribution < 1.29 is 22.7 Å². The number of hydrogen-bond donors (Lipinski definition) is 1. The van der Waals surface area contributed by atoms with E-state index in [4.69, 9.17) is 10.4 Å². The van der Waals surface area contributed by atoms with Crippen LogP contribution in [-0.4, -0.2) is 5.11 Å². The van der Waals surface area contributed by atoms with Gasteiger partial charge in [0.15, 0.2) is 0 Å². The third-order valence-electron chi connectivity index (χ3n) is 1.80. The van der Waals surface area contributed by atoms with Crippen LogP contribution >= 0.6 is 0 Å². The lowest BCUT2D eigenvalue weighted by molar-refractivity contribution is -0.138. The minimum absolute atomic E-state index is 0.256. The van der Waals surface area contributed by atoms with Gasteiger partial charge in [-0.3, -0.25) is 0 Å². The summed E-state index contributed by atoms with van der Waals surface area (Å²) in [6.07, 6.45) is -4.79. The first-order chi connectivity index (χ1) is 6.90. The van der Waals surface area contributed by atoms with Gasteiger partial charge in [-0.25, -0.2) is 4.39 Å². The van der Waals surface area contributed by atoms with Crippen molar-refractivity contribution in [2.45, 2.75) is 12.8 Å². The molecule has 0 aliphatic carbocycles. The minimum atomic E-state index is -4.79. The van der Waals surface area contributed by atoms with Crippen molar-refractivity contribution >= 4 is 0 Å². The molecule has 0 radical (unpaired) electrons. The molecule has 0 aliphatic rings. The zero-order chi connectivity index (χ0) is 11.6. The van der Waals surface area contributed by atoms with Crippen molar-refractivity contribution in [1.82, 2.24) is 0 Å². The summed E-state index contributed by atoms with van der Waals surface area (Å²) in [5.74, 6) is -1.16. The lowest BCUT2D eigenvalue weighted by Gasteiger charge is -2.12. The number of halogens is 4. The van der Waals surface area contributed by atoms with Crippen molar-refractivity contribution in [3.63, 3.8) is 0 Å². The van der Waals surface area contributed by atoms with E-state index < -0.39 is 35.3 Å². The number of aliphatic hydroxyl groups excluding tert-OH is 1. The van der Waals surface area contributed by atoms with Gasteiger partial charge in [0.05, 0.1) is 23.8 Å². The number of alkyl halides is 3. The van der Waals surface area contributed by atoms with E-state index in [2.05, 4.69) is 0 Å². The van der Waals surface area contributed by atoms with Crippen LogP contribution < -0.4 is 0 Å². The number of aliphatic hydroxyl groups is 1. The molecule has 0 unspecified atom stereocenters. The van der Waals surface area contributed by atoms with Crippen LogP contribution in [0.3, 0.4) is 0 Å². The van der Waals surface area contributed by atoms with E-state index in [0.717, 1.165) is 0 Å². The Morgan fingerprint density at radius 3 is 2.33 bits per heavy atom. The smallest absolute Gasteiger partial charge is 0.392 e. The Morgan fingerprint density at radius 2 is 1.93 bits per heavy atom. The van der Waals surface area contributed by atoms with Crippen molar-refractivity contribution in [3.05, 3.63) is 34.6 Å². The van der Waals surface area contributed by atoms with Crippen LogP contribution in [0.1, 0.15) is 16.7 Å². The second-order valence-electron chi connectivity index (χ2n) is 2.75. The summed E-state index contributed by atoms with van der Waals surface area (Å²) in [5, 5.41) is 17.2. The molecule has 1 aromatic rings. The number of rotatable bonds is 1. The number of benzene rings is 1. The number of nitriles is 1. The van der Waals surface area contributed by atoms with Crippen molar-refractivity contribution in [2.75, 3.05) is 0 Å². The summed E-state index contributed by atoms with van der Waals surface area (Å²) in [5.41, 5.74) is -2.43. The zero-order valence-electron chi connectivity index (χ0n) is 7.27. The van der Waals surface area contributed by atoms with Gasteiger partial charge in [-0.2, -0.15) is 18.4 Å². The first kappa shape index (κ1) is 11.5. The van der Waals surface area contributed by atoms with Gasteiger partial charge >= 0.3 is 6.18 Å². The fourth-order valence-electron chi connectivity index (χ4n) is 1.16. The van der Waals surface area contributed by atoms with E-state index in [1.165, 1.54) is 6.07 Å². The molecule has 6 heteroatoms. The molecule has 2 nitrogen and oxygen atoms in total. The Bertz CT molecular complexity index is 419. The largest absolute Gasteiger partial charge is 0.416 e. The van der Waals surface area contributed by atoms with Crippen LogP contribution in [0, 0.1) is 17.1 Å². The summed E-state index contributed by atoms with van der Waals surface area (Å²) >= 11 is 0. The number of nitrogens with zero attached hydrogens (tertiary/aromatic N) is 1. The van der Waals surface area contributed by atoms with Crippen LogP contribution in [0.2, 0.25) is 0 Å². The Hall–Kier alpha value is -1.61. The van der Waals surface area contributed by atoms with E-state index in [9.17, 15) is 17.6 Å². The number of hydrogen-bond acceptors (Lipinski definition) is 2. The molecular weight excluding hydrogens is 214 g/mol. The van der Waals surface area contributed by atoms with Gasteiger partial charge in [-0.05, 0) is 12.1 Å². The summed E-state index contributed by atoms with van der Waals surface area (Å²) in [7, 11) is 0. The SMILES string of the molecule is N#Cc1cc(F)cc(C(F)(F)F)c1CO. The Morgan fingerprint density at radius 1 is 1.33 bits per heavy atom. The predicted octanol–water partition coefficient (Wildman–Crippen LogP) is 2.21. The van der Waals surface area contributed by atoms with Gasteiger partial charge in [0.2, 0.25) is 0 Å². The molecule has 0 fully saturated rings. The molecule has 0 amide bonds. The summed E-state index contributed by atoms with van der Waals surface area (Å²) < 4.78 is 49.8. The van der Waals surface area contributed by atoms with Crippen molar-refractivity contribution in [3.8, 4) is 6.07 Å². The van der Waals surface area contributed by atoms with Crippen LogP contribution in [0.4, 0.5) is 17.6 Å². The normalized spacial score (nSPS) is 11.2. The molecule has 0 aromatic heterocycles. The molecule has 0 spiro atoms. The molecular formula is C9H5F4NO. The van der Waals surface area contributed by atoms with E-state index in [1.54, 1.807) is 0 Å².